The van der Waals surface area contributed by atoms with Crippen molar-refractivity contribution in [2.45, 2.75) is 0 Å². The summed E-state index contributed by atoms with van der Waals surface area (Å²) in [7, 11) is 0. The molecule has 1 aromatic rings. The van der Waals surface area contributed by atoms with Gasteiger partial charge in [0.25, 0.3) is 0 Å². The summed E-state index contributed by atoms with van der Waals surface area (Å²) in [6.07, 6.45) is 1.75. The Morgan fingerprint density at radius 2 is 2.30 bits per heavy atom. The Morgan fingerprint density at radius 1 is 1.60 bits per heavy atom. The quantitative estimate of drug-likeness (QED) is 0.584. The van der Waals surface area contributed by atoms with E-state index in [1.54, 1.807) is 0 Å². The first-order valence-electron chi connectivity index (χ1n) is 2.40. The van der Waals surface area contributed by atoms with E-state index in [-0.39, 0.29) is 18.1 Å². The molecule has 0 spiro atoms. The molecule has 0 saturated carbocycles. The molecule has 4 heteroatoms. The molecule has 0 amide bonds. The van der Waals surface area contributed by atoms with Crippen molar-refractivity contribution in [3.8, 4) is 0 Å². The summed E-state index contributed by atoms with van der Waals surface area (Å²) >= 11 is 0. The van der Waals surface area contributed by atoms with E-state index >= 15 is 0 Å². The van der Waals surface area contributed by atoms with E-state index in [4.69, 9.17) is 0 Å². The topological polar surface area (TPSA) is 30.0 Å². The Labute approximate surface area is 63.5 Å². The third-order valence-electron chi connectivity index (χ3n) is 0.899. The van der Waals surface area contributed by atoms with Crippen LogP contribution in [-0.4, -0.2) is 11.3 Å². The minimum Gasteiger partial charge on any atom is -0.296 e. The molecule has 0 aliphatic heterocycles. The van der Waals surface area contributed by atoms with Crippen LogP contribution in [0.25, 0.3) is 0 Å². The fourth-order valence-electron chi connectivity index (χ4n) is 0.485. The number of carbonyl (C=O) groups is 1. The number of aromatic nitrogens is 1. The predicted octanol–water partition coefficient (Wildman–Crippen LogP) is 1.46. The predicted molar refractivity (Wildman–Crippen MR) is 36.8 cm³/mol. The van der Waals surface area contributed by atoms with Gasteiger partial charge in [0, 0.05) is 6.20 Å². The molecule has 2 nitrogen and oxygen atoms in total. The van der Waals surface area contributed by atoms with E-state index in [0.29, 0.717) is 6.29 Å². The van der Waals surface area contributed by atoms with Crippen LogP contribution < -0.4 is 0 Å². The first-order valence-corrected chi connectivity index (χ1v) is 2.40. The number of pyridine rings is 1. The Hall–Kier alpha value is -0.960. The molecule has 0 radical (unpaired) electrons. The molecule has 1 aromatic heterocycles. The molecule has 54 valence electrons. The summed E-state index contributed by atoms with van der Waals surface area (Å²) in [5.41, 5.74) is -0.141. The molecule has 0 saturated heterocycles. The zero-order chi connectivity index (χ0) is 6.69. The van der Waals surface area contributed by atoms with Gasteiger partial charge in [0.2, 0.25) is 0 Å². The van der Waals surface area contributed by atoms with Gasteiger partial charge in [-0.05, 0) is 12.1 Å². The van der Waals surface area contributed by atoms with Crippen LogP contribution in [0.3, 0.4) is 0 Å². The number of carbonyl (C=O) groups excluding carboxylic acids is 1. The number of halogens is 2. The molecule has 0 N–H and O–H groups in total. The van der Waals surface area contributed by atoms with Crippen molar-refractivity contribution in [1.29, 1.82) is 0 Å². The highest BCUT2D eigenvalue weighted by Crippen LogP contribution is 1.97. The number of hydrogen-bond donors (Lipinski definition) is 0. The van der Waals surface area contributed by atoms with Gasteiger partial charge >= 0.3 is 0 Å². The summed E-state index contributed by atoms with van der Waals surface area (Å²) in [5, 5.41) is 0. The summed E-state index contributed by atoms with van der Waals surface area (Å²) in [5.74, 6) is -0.576. The first-order chi connectivity index (χ1) is 4.34. The van der Waals surface area contributed by atoms with Crippen LogP contribution in [0.2, 0.25) is 0 Å². The van der Waals surface area contributed by atoms with Crippen LogP contribution >= 0.6 is 12.4 Å². The molecular weight excluding hydrogens is 157 g/mol. The minimum atomic E-state index is -0.576. The van der Waals surface area contributed by atoms with Gasteiger partial charge in [0.1, 0.15) is 5.69 Å². The Bertz CT molecular complexity index is 229. The monoisotopic (exact) mass is 161 g/mol. The third kappa shape index (κ3) is 1.77. The lowest BCUT2D eigenvalue weighted by molar-refractivity contribution is 0.111. The van der Waals surface area contributed by atoms with Gasteiger partial charge in [-0.15, -0.1) is 12.4 Å². The Morgan fingerprint density at radius 3 is 2.70 bits per heavy atom. The second kappa shape index (κ2) is 3.95. The Balaban J connectivity index is 0.000000810. The van der Waals surface area contributed by atoms with Crippen LogP contribution in [0.1, 0.15) is 10.5 Å². The number of nitrogens with zero attached hydrogens (tertiary/aromatic N) is 1. The van der Waals surface area contributed by atoms with Crippen LogP contribution in [-0.2, 0) is 0 Å². The highest BCUT2D eigenvalue weighted by Gasteiger charge is 1.96. The zero-order valence-corrected chi connectivity index (χ0v) is 5.77. The highest BCUT2D eigenvalue weighted by atomic mass is 35.5. The molecular formula is C6H5ClFNO. The minimum absolute atomic E-state index is 0. The molecule has 0 aliphatic carbocycles. The van der Waals surface area contributed by atoms with Gasteiger partial charge in [-0.1, -0.05) is 0 Å². The smallest absolute Gasteiger partial charge is 0.171 e. The largest absolute Gasteiger partial charge is 0.296 e. The van der Waals surface area contributed by atoms with Crippen molar-refractivity contribution in [3.63, 3.8) is 0 Å². The van der Waals surface area contributed by atoms with Crippen molar-refractivity contribution in [2.24, 2.45) is 0 Å². The number of hydrogen-bond acceptors (Lipinski definition) is 2. The van der Waals surface area contributed by atoms with Crippen LogP contribution in [0, 0.1) is 5.82 Å². The maximum atomic E-state index is 12.3. The van der Waals surface area contributed by atoms with Crippen LogP contribution in [0.4, 0.5) is 4.39 Å². The molecule has 10 heavy (non-hydrogen) atoms. The lowest BCUT2D eigenvalue weighted by atomic mass is 10.4. The SMILES string of the molecule is Cl.O=Cc1ncccc1F. The second-order valence-electron chi connectivity index (χ2n) is 1.49. The van der Waals surface area contributed by atoms with E-state index in [9.17, 15) is 9.18 Å². The zero-order valence-electron chi connectivity index (χ0n) is 4.95. The molecule has 0 aliphatic rings. The summed E-state index contributed by atoms with van der Waals surface area (Å²) in [4.78, 5) is 13.4. The molecule has 0 fully saturated rings. The number of aldehydes is 1. The number of rotatable bonds is 1. The molecule has 0 aromatic carbocycles. The fraction of sp³-hybridized carbons (Fsp3) is 0. The normalized spacial score (nSPS) is 8.10. The fourth-order valence-corrected chi connectivity index (χ4v) is 0.485. The molecule has 0 unspecified atom stereocenters. The van der Waals surface area contributed by atoms with Crippen molar-refractivity contribution in [1.82, 2.24) is 4.98 Å². The van der Waals surface area contributed by atoms with Crippen molar-refractivity contribution >= 4 is 18.7 Å². The molecule has 1 heterocycles. The van der Waals surface area contributed by atoms with Gasteiger partial charge in [-0.2, -0.15) is 0 Å². The average Bonchev–Trinajstić information content (AvgIpc) is 1.89. The lowest BCUT2D eigenvalue weighted by Crippen LogP contribution is -1.89. The first kappa shape index (κ1) is 9.04. The summed E-state index contributed by atoms with van der Waals surface area (Å²) in [6, 6.07) is 2.62. The van der Waals surface area contributed by atoms with Crippen LogP contribution in [0.5, 0.6) is 0 Å². The summed E-state index contributed by atoms with van der Waals surface area (Å²) in [6.45, 7) is 0. The molecule has 0 bridgehead atoms. The van der Waals surface area contributed by atoms with Crippen molar-refractivity contribution < 1.29 is 9.18 Å². The average molecular weight is 162 g/mol. The Kier molecular flexibility index (Phi) is 3.57. The van der Waals surface area contributed by atoms with E-state index in [0.717, 1.165) is 0 Å². The second-order valence-corrected chi connectivity index (χ2v) is 1.49. The highest BCUT2D eigenvalue weighted by molar-refractivity contribution is 5.85. The van der Waals surface area contributed by atoms with Crippen LogP contribution in [0.15, 0.2) is 18.3 Å². The van der Waals surface area contributed by atoms with Gasteiger partial charge in [0.15, 0.2) is 12.1 Å². The van der Waals surface area contributed by atoms with Crippen molar-refractivity contribution in [2.75, 3.05) is 0 Å². The van der Waals surface area contributed by atoms with Crippen molar-refractivity contribution in [3.05, 3.63) is 29.8 Å². The van der Waals surface area contributed by atoms with E-state index in [1.165, 1.54) is 18.3 Å². The van der Waals surface area contributed by atoms with E-state index < -0.39 is 5.82 Å². The standard InChI is InChI=1S/C6H4FNO.ClH/c7-5-2-1-3-8-6(5)4-9;/h1-4H;1H. The maximum absolute atomic E-state index is 12.3. The van der Waals surface area contributed by atoms with Gasteiger partial charge in [0.05, 0.1) is 0 Å². The van der Waals surface area contributed by atoms with E-state index in [2.05, 4.69) is 4.98 Å². The third-order valence-corrected chi connectivity index (χ3v) is 0.899. The maximum Gasteiger partial charge on any atom is 0.171 e. The van der Waals surface area contributed by atoms with Gasteiger partial charge in [-0.25, -0.2) is 4.39 Å². The van der Waals surface area contributed by atoms with E-state index in [1.807, 2.05) is 0 Å². The molecule has 1 rings (SSSR count). The summed E-state index contributed by atoms with van der Waals surface area (Å²) < 4.78 is 12.3. The van der Waals surface area contributed by atoms with Gasteiger partial charge < -0.3 is 0 Å². The molecule has 0 atom stereocenters. The lowest BCUT2D eigenvalue weighted by Gasteiger charge is -1.87. The van der Waals surface area contributed by atoms with Gasteiger partial charge in [-0.3, -0.25) is 9.78 Å².